The van der Waals surface area contributed by atoms with E-state index < -0.39 is 5.97 Å². The molecule has 0 saturated heterocycles. The normalized spacial score (nSPS) is 10.1. The number of hydrogen-bond donors (Lipinski definition) is 2. The summed E-state index contributed by atoms with van der Waals surface area (Å²) in [7, 11) is 0. The fourth-order valence-electron chi connectivity index (χ4n) is 1.68. The van der Waals surface area contributed by atoms with Crippen molar-refractivity contribution in [3.8, 4) is 0 Å². The van der Waals surface area contributed by atoms with E-state index in [2.05, 4.69) is 10.3 Å². The van der Waals surface area contributed by atoms with Crippen LogP contribution in [0, 0.1) is 6.92 Å². The van der Waals surface area contributed by atoms with Gasteiger partial charge < -0.3 is 10.4 Å². The van der Waals surface area contributed by atoms with Crippen molar-refractivity contribution in [3.63, 3.8) is 0 Å². The Bertz CT molecular complexity index is 567. The zero-order valence-electron chi connectivity index (χ0n) is 10.1. The van der Waals surface area contributed by atoms with E-state index in [1.807, 2.05) is 19.1 Å². The predicted octanol–water partition coefficient (Wildman–Crippen LogP) is 2.70. The highest BCUT2D eigenvalue weighted by molar-refractivity contribution is 5.87. The van der Waals surface area contributed by atoms with Crippen LogP contribution in [0.3, 0.4) is 0 Å². The maximum atomic E-state index is 10.9. The monoisotopic (exact) mass is 242 g/mol. The van der Waals surface area contributed by atoms with Crippen LogP contribution in [-0.2, 0) is 6.54 Å². The summed E-state index contributed by atoms with van der Waals surface area (Å²) in [5, 5.41) is 12.2. The second-order valence-electron chi connectivity index (χ2n) is 4.05. The van der Waals surface area contributed by atoms with E-state index in [9.17, 15) is 4.79 Å². The molecule has 0 amide bonds. The van der Waals surface area contributed by atoms with E-state index in [1.54, 1.807) is 30.6 Å². The standard InChI is InChI=1S/C14H14N2O2/c1-10-8-15-6-5-13(10)16-9-11-3-2-4-12(7-11)14(17)18/h2-8H,9H2,1H3,(H,15,16)(H,17,18). The number of rotatable bonds is 4. The summed E-state index contributed by atoms with van der Waals surface area (Å²) >= 11 is 0. The summed E-state index contributed by atoms with van der Waals surface area (Å²) in [6.45, 7) is 2.56. The first-order valence-corrected chi connectivity index (χ1v) is 5.63. The van der Waals surface area contributed by atoms with Crippen LogP contribution in [0.1, 0.15) is 21.5 Å². The molecule has 2 rings (SSSR count). The van der Waals surface area contributed by atoms with E-state index in [0.717, 1.165) is 16.8 Å². The zero-order valence-corrected chi connectivity index (χ0v) is 10.1. The summed E-state index contributed by atoms with van der Waals surface area (Å²) in [5.74, 6) is -0.906. The Morgan fingerprint density at radius 3 is 2.94 bits per heavy atom. The lowest BCUT2D eigenvalue weighted by Gasteiger charge is -2.09. The van der Waals surface area contributed by atoms with Crippen molar-refractivity contribution in [1.29, 1.82) is 0 Å². The SMILES string of the molecule is Cc1cnccc1NCc1cccc(C(=O)O)c1. The molecule has 2 N–H and O–H groups in total. The third kappa shape index (κ3) is 2.85. The molecule has 0 unspecified atom stereocenters. The van der Waals surface area contributed by atoms with Crippen LogP contribution in [-0.4, -0.2) is 16.1 Å². The average molecular weight is 242 g/mol. The molecule has 1 aromatic heterocycles. The number of carbonyl (C=O) groups is 1. The second-order valence-corrected chi connectivity index (χ2v) is 4.05. The number of aromatic carboxylic acids is 1. The van der Waals surface area contributed by atoms with Gasteiger partial charge in [0.05, 0.1) is 5.56 Å². The highest BCUT2D eigenvalue weighted by Gasteiger charge is 2.03. The fourth-order valence-corrected chi connectivity index (χ4v) is 1.68. The number of carboxylic acids is 1. The molecular weight excluding hydrogens is 228 g/mol. The summed E-state index contributed by atoms with van der Waals surface area (Å²) in [6, 6.07) is 8.81. The number of benzene rings is 1. The number of anilines is 1. The van der Waals surface area contributed by atoms with Gasteiger partial charge in [-0.1, -0.05) is 12.1 Å². The molecule has 0 saturated carbocycles. The molecule has 0 bridgehead atoms. The van der Waals surface area contributed by atoms with Gasteiger partial charge in [0.1, 0.15) is 0 Å². The van der Waals surface area contributed by atoms with Gasteiger partial charge in [0, 0.05) is 24.6 Å². The first-order valence-electron chi connectivity index (χ1n) is 5.63. The van der Waals surface area contributed by atoms with Gasteiger partial charge in [-0.05, 0) is 36.2 Å². The molecule has 4 nitrogen and oxygen atoms in total. The molecule has 0 aliphatic heterocycles. The Balaban J connectivity index is 2.09. The van der Waals surface area contributed by atoms with E-state index in [0.29, 0.717) is 12.1 Å². The van der Waals surface area contributed by atoms with Gasteiger partial charge in [0.15, 0.2) is 0 Å². The van der Waals surface area contributed by atoms with Crippen LogP contribution in [0.5, 0.6) is 0 Å². The zero-order chi connectivity index (χ0) is 13.0. The maximum Gasteiger partial charge on any atom is 0.335 e. The molecule has 0 aliphatic carbocycles. The third-order valence-electron chi connectivity index (χ3n) is 2.68. The molecule has 2 aromatic rings. The van der Waals surface area contributed by atoms with Crippen molar-refractivity contribution in [1.82, 2.24) is 4.98 Å². The third-order valence-corrected chi connectivity index (χ3v) is 2.68. The van der Waals surface area contributed by atoms with Crippen molar-refractivity contribution >= 4 is 11.7 Å². The number of carboxylic acid groups (broad SMARTS) is 1. The van der Waals surface area contributed by atoms with Crippen LogP contribution in [0.25, 0.3) is 0 Å². The lowest BCUT2D eigenvalue weighted by Crippen LogP contribution is -2.03. The minimum atomic E-state index is -0.906. The first kappa shape index (κ1) is 12.1. The Labute approximate surface area is 105 Å². The molecule has 4 heteroatoms. The predicted molar refractivity (Wildman–Crippen MR) is 69.7 cm³/mol. The minimum Gasteiger partial charge on any atom is -0.478 e. The summed E-state index contributed by atoms with van der Waals surface area (Å²) in [4.78, 5) is 14.9. The van der Waals surface area contributed by atoms with Gasteiger partial charge in [-0.3, -0.25) is 4.98 Å². The van der Waals surface area contributed by atoms with Crippen LogP contribution >= 0.6 is 0 Å². The topological polar surface area (TPSA) is 62.2 Å². The molecule has 0 atom stereocenters. The number of pyridine rings is 1. The highest BCUT2D eigenvalue weighted by atomic mass is 16.4. The lowest BCUT2D eigenvalue weighted by atomic mass is 10.1. The number of nitrogens with one attached hydrogen (secondary N) is 1. The van der Waals surface area contributed by atoms with Gasteiger partial charge in [0.2, 0.25) is 0 Å². The largest absolute Gasteiger partial charge is 0.478 e. The number of aryl methyl sites for hydroxylation is 1. The summed E-state index contributed by atoms with van der Waals surface area (Å²) in [6.07, 6.45) is 3.51. The fraction of sp³-hybridized carbons (Fsp3) is 0.143. The van der Waals surface area contributed by atoms with Crippen molar-refractivity contribution in [2.75, 3.05) is 5.32 Å². The Kier molecular flexibility index (Phi) is 3.57. The minimum absolute atomic E-state index is 0.306. The van der Waals surface area contributed by atoms with E-state index >= 15 is 0 Å². The quantitative estimate of drug-likeness (QED) is 0.865. The van der Waals surface area contributed by atoms with E-state index in [4.69, 9.17) is 5.11 Å². The van der Waals surface area contributed by atoms with Crippen LogP contribution in [0.2, 0.25) is 0 Å². The van der Waals surface area contributed by atoms with Gasteiger partial charge in [-0.2, -0.15) is 0 Å². The van der Waals surface area contributed by atoms with Gasteiger partial charge in [0.25, 0.3) is 0 Å². The Hall–Kier alpha value is -2.36. The molecule has 18 heavy (non-hydrogen) atoms. The van der Waals surface area contributed by atoms with Crippen molar-refractivity contribution in [2.45, 2.75) is 13.5 Å². The highest BCUT2D eigenvalue weighted by Crippen LogP contribution is 2.14. The van der Waals surface area contributed by atoms with E-state index in [1.165, 1.54) is 0 Å². The molecule has 92 valence electrons. The molecule has 0 spiro atoms. The van der Waals surface area contributed by atoms with Crippen LogP contribution < -0.4 is 5.32 Å². The molecular formula is C14H14N2O2. The van der Waals surface area contributed by atoms with Gasteiger partial charge in [-0.25, -0.2) is 4.79 Å². The molecule has 1 heterocycles. The lowest BCUT2D eigenvalue weighted by molar-refractivity contribution is 0.0697. The smallest absolute Gasteiger partial charge is 0.335 e. The average Bonchev–Trinajstić information content (AvgIpc) is 2.38. The second kappa shape index (κ2) is 5.31. The van der Waals surface area contributed by atoms with Gasteiger partial charge in [-0.15, -0.1) is 0 Å². The van der Waals surface area contributed by atoms with Crippen molar-refractivity contribution < 1.29 is 9.90 Å². The molecule has 0 aliphatic rings. The molecule has 0 fully saturated rings. The Morgan fingerprint density at radius 1 is 1.39 bits per heavy atom. The first-order chi connectivity index (χ1) is 8.66. The van der Waals surface area contributed by atoms with Crippen molar-refractivity contribution in [2.24, 2.45) is 0 Å². The molecule has 1 aromatic carbocycles. The van der Waals surface area contributed by atoms with Crippen LogP contribution in [0.4, 0.5) is 5.69 Å². The number of aromatic nitrogens is 1. The Morgan fingerprint density at radius 2 is 2.22 bits per heavy atom. The van der Waals surface area contributed by atoms with Crippen molar-refractivity contribution in [3.05, 3.63) is 59.4 Å². The van der Waals surface area contributed by atoms with Gasteiger partial charge >= 0.3 is 5.97 Å². The number of hydrogen-bond acceptors (Lipinski definition) is 3. The van der Waals surface area contributed by atoms with Crippen LogP contribution in [0.15, 0.2) is 42.7 Å². The van der Waals surface area contributed by atoms with E-state index in [-0.39, 0.29) is 0 Å². The summed E-state index contributed by atoms with van der Waals surface area (Å²) < 4.78 is 0. The summed E-state index contributed by atoms with van der Waals surface area (Å²) in [5.41, 5.74) is 3.31. The maximum absolute atomic E-state index is 10.9. The number of nitrogens with zero attached hydrogens (tertiary/aromatic N) is 1. The molecule has 0 radical (unpaired) electrons.